The zero-order chi connectivity index (χ0) is 11.5. The molecule has 1 rings (SSSR count). The van der Waals surface area contributed by atoms with Gasteiger partial charge in [0.05, 0.1) is 0 Å². The summed E-state index contributed by atoms with van der Waals surface area (Å²) in [7, 11) is 0. The summed E-state index contributed by atoms with van der Waals surface area (Å²) in [5.41, 5.74) is 5.99. The van der Waals surface area contributed by atoms with E-state index in [-0.39, 0.29) is 17.4 Å². The van der Waals surface area contributed by atoms with Gasteiger partial charge < -0.3 is 10.6 Å². The monoisotopic (exact) mass is 210 g/mol. The van der Waals surface area contributed by atoms with Crippen molar-refractivity contribution in [2.45, 2.75) is 39.7 Å². The van der Waals surface area contributed by atoms with Crippen molar-refractivity contribution >= 4 is 5.91 Å². The zero-order valence-corrected chi connectivity index (χ0v) is 9.99. The third kappa shape index (κ3) is 3.67. The lowest BCUT2D eigenvalue weighted by molar-refractivity contribution is -0.131. The summed E-state index contributed by atoms with van der Waals surface area (Å²) in [4.78, 5) is 13.7. The topological polar surface area (TPSA) is 46.3 Å². The fourth-order valence-corrected chi connectivity index (χ4v) is 1.49. The number of amides is 1. The summed E-state index contributed by atoms with van der Waals surface area (Å²) in [6, 6.07) is -0.0593. The molecule has 86 valence electrons. The molecule has 1 amide bonds. The van der Waals surface area contributed by atoms with Crippen molar-refractivity contribution in [2.75, 3.05) is 13.1 Å². The van der Waals surface area contributed by atoms with Crippen LogP contribution in [0.4, 0.5) is 0 Å². The van der Waals surface area contributed by atoms with E-state index in [1.165, 1.54) is 0 Å². The maximum Gasteiger partial charge on any atom is 0.224 e. The predicted octanol–water partition coefficient (Wildman–Crippen LogP) is 1.54. The average Bonchev–Trinajstić information content (AvgIpc) is 2.17. The van der Waals surface area contributed by atoms with Crippen molar-refractivity contribution in [1.29, 1.82) is 0 Å². The number of carbonyl (C=O) groups excluding carboxylic acids is 1. The van der Waals surface area contributed by atoms with Crippen LogP contribution in [0.2, 0.25) is 0 Å². The van der Waals surface area contributed by atoms with Gasteiger partial charge in [-0.3, -0.25) is 4.79 Å². The number of nitrogens with zero attached hydrogens (tertiary/aromatic N) is 1. The fourth-order valence-electron chi connectivity index (χ4n) is 1.49. The third-order valence-electron chi connectivity index (χ3n) is 2.92. The smallest absolute Gasteiger partial charge is 0.224 e. The van der Waals surface area contributed by atoms with Crippen LogP contribution < -0.4 is 5.73 Å². The molecule has 1 unspecified atom stereocenters. The van der Waals surface area contributed by atoms with Gasteiger partial charge in [-0.2, -0.15) is 0 Å². The first kappa shape index (κ1) is 12.2. The summed E-state index contributed by atoms with van der Waals surface area (Å²) in [6.07, 6.45) is 5.59. The van der Waals surface area contributed by atoms with Gasteiger partial charge >= 0.3 is 0 Å². The predicted molar refractivity (Wildman–Crippen MR) is 62.4 cm³/mol. The molecule has 1 atom stereocenters. The van der Waals surface area contributed by atoms with Crippen LogP contribution in [0.25, 0.3) is 0 Å². The van der Waals surface area contributed by atoms with Crippen molar-refractivity contribution in [3.63, 3.8) is 0 Å². The van der Waals surface area contributed by atoms with E-state index in [1.54, 1.807) is 0 Å². The number of hydrogen-bond donors (Lipinski definition) is 1. The molecule has 0 bridgehead atoms. The van der Waals surface area contributed by atoms with Gasteiger partial charge in [0.25, 0.3) is 0 Å². The molecule has 1 heterocycles. The summed E-state index contributed by atoms with van der Waals surface area (Å²) >= 11 is 0. The molecular formula is C12H22N2O. The van der Waals surface area contributed by atoms with E-state index >= 15 is 0 Å². The van der Waals surface area contributed by atoms with Gasteiger partial charge in [-0.15, -0.1) is 0 Å². The number of carbonyl (C=O) groups is 1. The second-order valence-electron chi connectivity index (χ2n) is 5.28. The minimum atomic E-state index is -0.0593. The summed E-state index contributed by atoms with van der Waals surface area (Å²) in [6.45, 7) is 7.80. The molecule has 1 aliphatic rings. The highest BCUT2D eigenvalue weighted by molar-refractivity contribution is 5.77. The zero-order valence-electron chi connectivity index (χ0n) is 9.99. The second kappa shape index (κ2) is 4.79. The lowest BCUT2D eigenvalue weighted by atomic mass is 9.85. The van der Waals surface area contributed by atoms with Crippen molar-refractivity contribution in [2.24, 2.45) is 11.1 Å². The molecule has 0 saturated carbocycles. The maximum atomic E-state index is 11.9. The molecule has 15 heavy (non-hydrogen) atoms. The van der Waals surface area contributed by atoms with Gasteiger partial charge in [-0.05, 0) is 11.8 Å². The van der Waals surface area contributed by atoms with Crippen molar-refractivity contribution in [3.8, 4) is 0 Å². The fraction of sp³-hybridized carbons (Fsp3) is 0.750. The Bertz CT molecular complexity index is 253. The van der Waals surface area contributed by atoms with Crippen molar-refractivity contribution < 1.29 is 4.79 Å². The molecular weight excluding hydrogens is 188 g/mol. The first-order valence-electron chi connectivity index (χ1n) is 5.59. The Kier molecular flexibility index (Phi) is 3.91. The first-order valence-corrected chi connectivity index (χ1v) is 5.59. The van der Waals surface area contributed by atoms with E-state index in [4.69, 9.17) is 5.73 Å². The summed E-state index contributed by atoms with van der Waals surface area (Å²) in [5.74, 6) is 0.182. The van der Waals surface area contributed by atoms with E-state index in [0.717, 1.165) is 19.5 Å². The molecule has 0 aromatic heterocycles. The van der Waals surface area contributed by atoms with Crippen LogP contribution in [-0.4, -0.2) is 29.9 Å². The van der Waals surface area contributed by atoms with E-state index in [2.05, 4.69) is 26.8 Å². The highest BCUT2D eigenvalue weighted by atomic mass is 16.2. The molecule has 1 aliphatic heterocycles. The normalized spacial score (nSPS) is 19.1. The van der Waals surface area contributed by atoms with Crippen molar-refractivity contribution in [3.05, 3.63) is 12.2 Å². The van der Waals surface area contributed by atoms with E-state index in [1.807, 2.05) is 11.0 Å². The van der Waals surface area contributed by atoms with Crippen molar-refractivity contribution in [1.82, 2.24) is 4.90 Å². The highest BCUT2D eigenvalue weighted by Gasteiger charge is 2.25. The molecule has 3 heteroatoms. The van der Waals surface area contributed by atoms with Crippen LogP contribution >= 0.6 is 0 Å². The van der Waals surface area contributed by atoms with E-state index in [9.17, 15) is 4.79 Å². The standard InChI is InChI=1S/C12H22N2O/c1-12(2,3)10(13)9-11(15)14-7-5-4-6-8-14/h4-5,10H,6-9,13H2,1-3H3. The molecule has 0 fully saturated rings. The largest absolute Gasteiger partial charge is 0.339 e. The van der Waals surface area contributed by atoms with Gasteiger partial charge in [0.2, 0.25) is 5.91 Å². The minimum absolute atomic E-state index is 0.00128. The lowest BCUT2D eigenvalue weighted by Crippen LogP contribution is -2.42. The Hall–Kier alpha value is -0.830. The average molecular weight is 210 g/mol. The van der Waals surface area contributed by atoms with E-state index < -0.39 is 0 Å². The molecule has 0 saturated heterocycles. The third-order valence-corrected chi connectivity index (χ3v) is 2.92. The lowest BCUT2D eigenvalue weighted by Gasteiger charge is -2.30. The quantitative estimate of drug-likeness (QED) is 0.703. The Morgan fingerprint density at radius 2 is 2.13 bits per heavy atom. The Morgan fingerprint density at radius 1 is 1.47 bits per heavy atom. The number of rotatable bonds is 2. The summed E-state index contributed by atoms with van der Waals surface area (Å²) in [5, 5.41) is 0. The molecule has 0 radical (unpaired) electrons. The van der Waals surface area contributed by atoms with Gasteiger partial charge in [-0.25, -0.2) is 0 Å². The Balaban J connectivity index is 2.45. The maximum absolute atomic E-state index is 11.9. The van der Waals surface area contributed by atoms with Crippen LogP contribution in [0, 0.1) is 5.41 Å². The van der Waals surface area contributed by atoms with Crippen LogP contribution in [0.15, 0.2) is 12.2 Å². The number of hydrogen-bond acceptors (Lipinski definition) is 2. The second-order valence-corrected chi connectivity index (χ2v) is 5.28. The van der Waals surface area contributed by atoms with Crippen LogP contribution in [-0.2, 0) is 4.79 Å². The van der Waals surface area contributed by atoms with Gasteiger partial charge in [0.1, 0.15) is 0 Å². The van der Waals surface area contributed by atoms with Crippen LogP contribution in [0.1, 0.15) is 33.6 Å². The molecule has 2 N–H and O–H groups in total. The molecule has 0 aliphatic carbocycles. The Morgan fingerprint density at radius 3 is 2.60 bits per heavy atom. The minimum Gasteiger partial charge on any atom is -0.339 e. The summed E-state index contributed by atoms with van der Waals surface area (Å²) < 4.78 is 0. The number of nitrogens with two attached hydrogens (primary N) is 1. The van der Waals surface area contributed by atoms with Gasteiger partial charge in [0, 0.05) is 25.6 Å². The van der Waals surface area contributed by atoms with Gasteiger partial charge in [0.15, 0.2) is 0 Å². The first-order chi connectivity index (χ1) is 6.91. The molecule has 0 spiro atoms. The van der Waals surface area contributed by atoms with Crippen LogP contribution in [0.5, 0.6) is 0 Å². The SMILES string of the molecule is CC(C)(C)C(N)CC(=O)N1CC=CCC1. The molecule has 0 aromatic rings. The molecule has 3 nitrogen and oxygen atoms in total. The highest BCUT2D eigenvalue weighted by Crippen LogP contribution is 2.20. The van der Waals surface area contributed by atoms with Crippen LogP contribution in [0.3, 0.4) is 0 Å². The Labute approximate surface area is 92.3 Å². The van der Waals surface area contributed by atoms with Gasteiger partial charge in [-0.1, -0.05) is 32.9 Å². The molecule has 0 aromatic carbocycles. The van der Waals surface area contributed by atoms with E-state index in [0.29, 0.717) is 6.42 Å².